The van der Waals surface area contributed by atoms with Crippen LogP contribution in [0.4, 0.5) is 0 Å². The SMILES string of the molecule is Cc1ccc([C@@]2(O)CCNCC2(C)C)cc1. The van der Waals surface area contributed by atoms with Gasteiger partial charge in [0.2, 0.25) is 0 Å². The summed E-state index contributed by atoms with van der Waals surface area (Å²) in [6.45, 7) is 8.06. The maximum atomic E-state index is 10.9. The first-order valence-electron chi connectivity index (χ1n) is 5.96. The monoisotopic (exact) mass is 219 g/mol. The molecule has 2 nitrogen and oxygen atoms in total. The number of aliphatic hydroxyl groups is 1. The average molecular weight is 219 g/mol. The molecule has 2 N–H and O–H groups in total. The highest BCUT2D eigenvalue weighted by Crippen LogP contribution is 2.43. The molecule has 1 fully saturated rings. The highest BCUT2D eigenvalue weighted by molar-refractivity contribution is 5.29. The molecule has 1 aromatic carbocycles. The van der Waals surface area contributed by atoms with E-state index in [9.17, 15) is 5.11 Å². The van der Waals surface area contributed by atoms with Gasteiger partial charge in [0.05, 0.1) is 5.60 Å². The van der Waals surface area contributed by atoms with Crippen molar-refractivity contribution in [2.45, 2.75) is 32.8 Å². The Morgan fingerprint density at radius 1 is 1.19 bits per heavy atom. The third-order valence-corrected chi connectivity index (χ3v) is 3.88. The second-order valence-corrected chi connectivity index (χ2v) is 5.54. The maximum absolute atomic E-state index is 10.9. The summed E-state index contributed by atoms with van der Waals surface area (Å²) >= 11 is 0. The third-order valence-electron chi connectivity index (χ3n) is 3.88. The zero-order valence-electron chi connectivity index (χ0n) is 10.4. The van der Waals surface area contributed by atoms with Crippen LogP contribution in [0.15, 0.2) is 24.3 Å². The minimum atomic E-state index is -0.702. The molecule has 16 heavy (non-hydrogen) atoms. The van der Waals surface area contributed by atoms with Crippen molar-refractivity contribution in [1.82, 2.24) is 5.32 Å². The second kappa shape index (κ2) is 3.86. The lowest BCUT2D eigenvalue weighted by molar-refractivity contribution is -0.0944. The lowest BCUT2D eigenvalue weighted by Gasteiger charge is -2.47. The van der Waals surface area contributed by atoms with Crippen LogP contribution in [-0.4, -0.2) is 18.2 Å². The van der Waals surface area contributed by atoms with E-state index < -0.39 is 5.60 Å². The molecule has 1 aliphatic rings. The number of rotatable bonds is 1. The van der Waals surface area contributed by atoms with Gasteiger partial charge in [0, 0.05) is 12.0 Å². The van der Waals surface area contributed by atoms with Gasteiger partial charge in [0.25, 0.3) is 0 Å². The fourth-order valence-electron chi connectivity index (χ4n) is 2.52. The summed E-state index contributed by atoms with van der Waals surface area (Å²) in [5.74, 6) is 0. The second-order valence-electron chi connectivity index (χ2n) is 5.54. The number of piperidine rings is 1. The molecule has 0 radical (unpaired) electrons. The van der Waals surface area contributed by atoms with Crippen molar-refractivity contribution in [2.75, 3.05) is 13.1 Å². The highest BCUT2D eigenvalue weighted by Gasteiger charge is 2.46. The average Bonchev–Trinajstić information content (AvgIpc) is 2.23. The Balaban J connectivity index is 2.39. The maximum Gasteiger partial charge on any atom is 0.0971 e. The highest BCUT2D eigenvalue weighted by atomic mass is 16.3. The summed E-state index contributed by atoms with van der Waals surface area (Å²) in [6.07, 6.45) is 0.781. The molecule has 1 atom stereocenters. The van der Waals surface area contributed by atoms with Crippen molar-refractivity contribution in [3.05, 3.63) is 35.4 Å². The molecule has 1 saturated heterocycles. The fraction of sp³-hybridized carbons (Fsp3) is 0.571. The molecule has 0 spiro atoms. The minimum absolute atomic E-state index is 0.124. The van der Waals surface area contributed by atoms with Crippen LogP contribution in [0.3, 0.4) is 0 Å². The van der Waals surface area contributed by atoms with Crippen LogP contribution in [0.5, 0.6) is 0 Å². The lowest BCUT2D eigenvalue weighted by atomic mass is 9.67. The summed E-state index contributed by atoms with van der Waals surface area (Å²) in [5.41, 5.74) is 1.45. The molecule has 1 aromatic rings. The summed E-state index contributed by atoms with van der Waals surface area (Å²) in [6, 6.07) is 8.27. The van der Waals surface area contributed by atoms with Crippen LogP contribution in [0.2, 0.25) is 0 Å². The standard InChI is InChI=1S/C14H21NO/c1-11-4-6-12(7-5-11)14(16)8-9-15-10-13(14,2)3/h4-7,15-16H,8-10H2,1-3H3/t14-/m0/s1. The molecule has 0 aliphatic carbocycles. The first-order chi connectivity index (χ1) is 7.46. The first kappa shape index (κ1) is 11.6. The molecule has 0 unspecified atom stereocenters. The zero-order chi connectivity index (χ0) is 11.8. The van der Waals surface area contributed by atoms with Crippen LogP contribution in [0.25, 0.3) is 0 Å². The van der Waals surface area contributed by atoms with E-state index in [0.717, 1.165) is 25.1 Å². The Bertz CT molecular complexity index is 369. The number of nitrogens with one attached hydrogen (secondary N) is 1. The van der Waals surface area contributed by atoms with Gasteiger partial charge in [-0.05, 0) is 25.5 Å². The summed E-state index contributed by atoms with van der Waals surface area (Å²) < 4.78 is 0. The van der Waals surface area contributed by atoms with E-state index in [1.165, 1.54) is 5.56 Å². The number of aryl methyl sites for hydroxylation is 1. The number of benzene rings is 1. The molecule has 2 rings (SSSR count). The van der Waals surface area contributed by atoms with Crippen molar-refractivity contribution in [1.29, 1.82) is 0 Å². The lowest BCUT2D eigenvalue weighted by Crippen LogP contribution is -2.53. The quantitative estimate of drug-likeness (QED) is 0.759. The van der Waals surface area contributed by atoms with Crippen LogP contribution in [0.1, 0.15) is 31.4 Å². The molecule has 0 bridgehead atoms. The van der Waals surface area contributed by atoms with E-state index in [2.05, 4.69) is 50.4 Å². The predicted octanol–water partition coefficient (Wildman–Crippen LogP) is 2.20. The van der Waals surface area contributed by atoms with Crippen LogP contribution in [-0.2, 0) is 5.60 Å². The van der Waals surface area contributed by atoms with E-state index in [-0.39, 0.29) is 5.41 Å². The van der Waals surface area contributed by atoms with Crippen LogP contribution < -0.4 is 5.32 Å². The molecule has 2 heteroatoms. The zero-order valence-corrected chi connectivity index (χ0v) is 10.4. The van der Waals surface area contributed by atoms with Gasteiger partial charge in [-0.15, -0.1) is 0 Å². The molecular formula is C14H21NO. The molecule has 88 valence electrons. The van der Waals surface area contributed by atoms with Gasteiger partial charge in [-0.3, -0.25) is 0 Å². The third kappa shape index (κ3) is 1.76. The van der Waals surface area contributed by atoms with Gasteiger partial charge in [0.15, 0.2) is 0 Å². The smallest absolute Gasteiger partial charge is 0.0971 e. The Kier molecular flexibility index (Phi) is 2.81. The van der Waals surface area contributed by atoms with Crippen molar-refractivity contribution < 1.29 is 5.11 Å². The van der Waals surface area contributed by atoms with E-state index in [4.69, 9.17) is 0 Å². The first-order valence-corrected chi connectivity index (χ1v) is 5.96. The largest absolute Gasteiger partial charge is 0.385 e. The van der Waals surface area contributed by atoms with Crippen LogP contribution >= 0.6 is 0 Å². The van der Waals surface area contributed by atoms with Gasteiger partial charge >= 0.3 is 0 Å². The number of hydrogen-bond acceptors (Lipinski definition) is 2. The molecule has 1 aliphatic heterocycles. The molecular weight excluding hydrogens is 198 g/mol. The Hall–Kier alpha value is -0.860. The summed E-state index contributed by atoms with van der Waals surface area (Å²) in [4.78, 5) is 0. The predicted molar refractivity (Wildman–Crippen MR) is 66.3 cm³/mol. The molecule has 0 saturated carbocycles. The van der Waals surface area contributed by atoms with E-state index >= 15 is 0 Å². The van der Waals surface area contributed by atoms with Gasteiger partial charge in [-0.2, -0.15) is 0 Å². The van der Waals surface area contributed by atoms with Crippen molar-refractivity contribution in [3.63, 3.8) is 0 Å². The van der Waals surface area contributed by atoms with Crippen molar-refractivity contribution in [2.24, 2.45) is 5.41 Å². The molecule has 0 aromatic heterocycles. The Labute approximate surface area is 97.7 Å². The van der Waals surface area contributed by atoms with Gasteiger partial charge in [-0.1, -0.05) is 43.7 Å². The Morgan fingerprint density at radius 3 is 2.38 bits per heavy atom. The normalized spacial score (nSPS) is 29.0. The molecule has 0 amide bonds. The van der Waals surface area contributed by atoms with Crippen LogP contribution in [0, 0.1) is 12.3 Å². The topological polar surface area (TPSA) is 32.3 Å². The van der Waals surface area contributed by atoms with E-state index in [1.807, 2.05) is 0 Å². The molecule has 1 heterocycles. The number of hydrogen-bond donors (Lipinski definition) is 2. The minimum Gasteiger partial charge on any atom is -0.385 e. The van der Waals surface area contributed by atoms with Crippen molar-refractivity contribution in [3.8, 4) is 0 Å². The van der Waals surface area contributed by atoms with Gasteiger partial charge in [0.1, 0.15) is 0 Å². The summed E-state index contributed by atoms with van der Waals surface area (Å²) in [5, 5.41) is 14.3. The van der Waals surface area contributed by atoms with E-state index in [0.29, 0.717) is 0 Å². The van der Waals surface area contributed by atoms with Gasteiger partial charge < -0.3 is 10.4 Å². The fourth-order valence-corrected chi connectivity index (χ4v) is 2.52. The van der Waals surface area contributed by atoms with Crippen molar-refractivity contribution >= 4 is 0 Å². The summed E-state index contributed by atoms with van der Waals surface area (Å²) in [7, 11) is 0. The Morgan fingerprint density at radius 2 is 1.81 bits per heavy atom. The van der Waals surface area contributed by atoms with E-state index in [1.54, 1.807) is 0 Å². The van der Waals surface area contributed by atoms with Gasteiger partial charge in [-0.25, -0.2) is 0 Å².